The van der Waals surface area contributed by atoms with Crippen LogP contribution < -0.4 is 0 Å². The van der Waals surface area contributed by atoms with Gasteiger partial charge in [0.1, 0.15) is 5.41 Å². The fourth-order valence-corrected chi connectivity index (χ4v) is 3.73. The molecule has 0 bridgehead atoms. The van der Waals surface area contributed by atoms with Crippen LogP contribution in [0.2, 0.25) is 0 Å². The van der Waals surface area contributed by atoms with Crippen LogP contribution in [-0.2, 0) is 4.79 Å². The first-order valence-electron chi connectivity index (χ1n) is 9.26. The molecule has 0 aromatic carbocycles. The van der Waals surface area contributed by atoms with Crippen LogP contribution >= 0.6 is 0 Å². The Labute approximate surface area is 157 Å². The van der Waals surface area contributed by atoms with Gasteiger partial charge in [-0.25, -0.2) is 9.50 Å². The minimum absolute atomic E-state index is 0.00830. The maximum Gasteiger partial charge on any atom is 0.314 e. The van der Waals surface area contributed by atoms with E-state index >= 15 is 0 Å². The van der Waals surface area contributed by atoms with E-state index in [1.165, 1.54) is 11.1 Å². The van der Waals surface area contributed by atoms with E-state index in [2.05, 4.69) is 10.1 Å². The molecule has 2 N–H and O–H groups in total. The Balaban J connectivity index is 1.90. The van der Waals surface area contributed by atoms with Crippen molar-refractivity contribution in [1.82, 2.24) is 19.5 Å². The first kappa shape index (κ1) is 19.3. The van der Waals surface area contributed by atoms with Crippen LogP contribution in [0.3, 0.4) is 0 Å². The van der Waals surface area contributed by atoms with Gasteiger partial charge >= 0.3 is 5.97 Å². The van der Waals surface area contributed by atoms with Crippen LogP contribution in [0.5, 0.6) is 0 Å². The van der Waals surface area contributed by atoms with E-state index < -0.39 is 17.5 Å². The number of carboxylic acids is 1. The van der Waals surface area contributed by atoms with Crippen LogP contribution in [0.4, 0.5) is 0 Å². The normalized spacial score (nSPS) is 23.1. The Hall–Kier alpha value is -2.48. The number of aliphatic hydroxyl groups is 1. The number of carbonyl (C=O) groups excluding carboxylic acids is 1. The number of aliphatic carboxylic acids is 1. The number of piperidine rings is 1. The number of aryl methyl sites for hydroxylation is 1. The van der Waals surface area contributed by atoms with Crippen molar-refractivity contribution in [1.29, 1.82) is 0 Å². The Kier molecular flexibility index (Phi) is 5.19. The molecule has 1 fully saturated rings. The molecule has 1 saturated heterocycles. The highest BCUT2D eigenvalue weighted by molar-refractivity contribution is 5.95. The van der Waals surface area contributed by atoms with Gasteiger partial charge in [-0.3, -0.25) is 9.59 Å². The molecule has 0 unspecified atom stereocenters. The maximum absolute atomic E-state index is 13.1. The lowest BCUT2D eigenvalue weighted by Crippen LogP contribution is -2.57. The number of hydrogen-bond acceptors (Lipinski definition) is 5. The third kappa shape index (κ3) is 3.41. The molecular weight excluding hydrogens is 348 g/mol. The molecule has 1 amide bonds. The molecule has 1 aliphatic heterocycles. The van der Waals surface area contributed by atoms with Crippen molar-refractivity contribution in [2.24, 2.45) is 11.3 Å². The molecule has 146 valence electrons. The summed E-state index contributed by atoms with van der Waals surface area (Å²) in [5.74, 6) is -1.02. The fourth-order valence-electron chi connectivity index (χ4n) is 3.73. The van der Waals surface area contributed by atoms with E-state index in [1.807, 2.05) is 13.8 Å². The van der Waals surface area contributed by atoms with E-state index in [4.69, 9.17) is 0 Å². The number of amides is 1. The van der Waals surface area contributed by atoms with Crippen LogP contribution in [0, 0.1) is 18.3 Å². The molecule has 3 rings (SSSR count). The van der Waals surface area contributed by atoms with Gasteiger partial charge in [0.2, 0.25) is 0 Å². The van der Waals surface area contributed by atoms with Crippen molar-refractivity contribution in [3.63, 3.8) is 0 Å². The summed E-state index contributed by atoms with van der Waals surface area (Å²) in [6.07, 6.45) is 3.40. The molecule has 2 aromatic heterocycles. The van der Waals surface area contributed by atoms with Gasteiger partial charge in [0.15, 0.2) is 5.65 Å². The largest absolute Gasteiger partial charge is 0.481 e. The van der Waals surface area contributed by atoms with Crippen molar-refractivity contribution in [3.8, 4) is 0 Å². The first-order valence-corrected chi connectivity index (χ1v) is 9.26. The molecule has 0 saturated carbocycles. The topological polar surface area (TPSA) is 108 Å². The van der Waals surface area contributed by atoms with Gasteiger partial charge < -0.3 is 15.1 Å². The number of aromatic nitrogens is 3. The number of hydrogen-bond donors (Lipinski definition) is 2. The molecule has 1 aliphatic rings. The summed E-state index contributed by atoms with van der Waals surface area (Å²) in [4.78, 5) is 31.0. The van der Waals surface area contributed by atoms with Crippen molar-refractivity contribution in [2.45, 2.75) is 46.1 Å². The van der Waals surface area contributed by atoms with Crippen LogP contribution in [0.25, 0.3) is 5.65 Å². The predicted molar refractivity (Wildman–Crippen MR) is 98.4 cm³/mol. The van der Waals surface area contributed by atoms with E-state index in [0.717, 1.165) is 0 Å². The summed E-state index contributed by atoms with van der Waals surface area (Å²) in [7, 11) is 0. The molecule has 0 radical (unpaired) electrons. The summed E-state index contributed by atoms with van der Waals surface area (Å²) >= 11 is 0. The van der Waals surface area contributed by atoms with E-state index in [1.54, 1.807) is 23.7 Å². The number of fused-ring (bicyclic) bond motifs is 1. The van der Waals surface area contributed by atoms with Crippen molar-refractivity contribution in [2.75, 3.05) is 13.1 Å². The molecule has 2 atom stereocenters. The lowest BCUT2D eigenvalue weighted by atomic mass is 9.72. The number of nitrogens with zero attached hydrogens (tertiary/aromatic N) is 4. The highest BCUT2D eigenvalue weighted by atomic mass is 16.4. The quantitative estimate of drug-likeness (QED) is 0.825. The van der Waals surface area contributed by atoms with Crippen molar-refractivity contribution >= 4 is 17.5 Å². The second kappa shape index (κ2) is 7.26. The van der Waals surface area contributed by atoms with Gasteiger partial charge in [-0.1, -0.05) is 13.8 Å². The van der Waals surface area contributed by atoms with Crippen LogP contribution in [0.15, 0.2) is 18.5 Å². The van der Waals surface area contributed by atoms with E-state index in [9.17, 15) is 19.8 Å². The Bertz CT molecular complexity index is 863. The molecule has 0 aliphatic carbocycles. The molecule has 2 aromatic rings. The van der Waals surface area contributed by atoms with Crippen LogP contribution in [-0.4, -0.2) is 60.8 Å². The highest BCUT2D eigenvalue weighted by Crippen LogP contribution is 2.37. The van der Waals surface area contributed by atoms with Gasteiger partial charge in [0.25, 0.3) is 5.91 Å². The number of carbonyl (C=O) groups is 2. The summed E-state index contributed by atoms with van der Waals surface area (Å²) in [6.45, 7) is 6.12. The predicted octanol–water partition coefficient (Wildman–Crippen LogP) is 1.75. The second-order valence-electron chi connectivity index (χ2n) is 7.78. The summed E-state index contributed by atoms with van der Waals surface area (Å²) < 4.78 is 1.59. The lowest BCUT2D eigenvalue weighted by Gasteiger charge is -2.43. The van der Waals surface area contributed by atoms with Gasteiger partial charge in [-0.2, -0.15) is 5.10 Å². The standard InChI is InChI=1S/C19H26N4O4/c1-12(2)4-7-19(18(26)27)11-22(9-6-15(19)24)17(25)14-10-20-16-5-8-21-23(16)13(14)3/h5,8,10,12,15,24H,4,6-7,9,11H2,1-3H3,(H,26,27)/t15-,19-/m1/s1. The maximum atomic E-state index is 13.1. The van der Waals surface area contributed by atoms with Crippen molar-refractivity contribution < 1.29 is 19.8 Å². The zero-order valence-electron chi connectivity index (χ0n) is 15.9. The zero-order valence-corrected chi connectivity index (χ0v) is 15.9. The number of carboxylic acid groups (broad SMARTS) is 1. The Morgan fingerprint density at radius 1 is 1.41 bits per heavy atom. The molecule has 27 heavy (non-hydrogen) atoms. The van der Waals surface area contributed by atoms with Gasteiger partial charge in [-0.05, 0) is 32.1 Å². The SMILES string of the molecule is Cc1c(C(=O)N2CC[C@@H](O)[C@](CCC(C)C)(C(=O)O)C2)cnc2ccnn12. The van der Waals surface area contributed by atoms with E-state index in [0.29, 0.717) is 42.2 Å². The molecule has 8 heteroatoms. The Morgan fingerprint density at radius 3 is 2.81 bits per heavy atom. The number of rotatable bonds is 5. The minimum atomic E-state index is -1.34. The third-order valence-corrected chi connectivity index (χ3v) is 5.55. The number of likely N-dealkylation sites (tertiary alicyclic amines) is 1. The fraction of sp³-hybridized carbons (Fsp3) is 0.579. The molecule has 8 nitrogen and oxygen atoms in total. The third-order valence-electron chi connectivity index (χ3n) is 5.55. The summed E-state index contributed by atoms with van der Waals surface area (Å²) in [6, 6.07) is 1.75. The van der Waals surface area contributed by atoms with Gasteiger partial charge in [0, 0.05) is 25.4 Å². The lowest BCUT2D eigenvalue weighted by molar-refractivity contribution is -0.163. The summed E-state index contributed by atoms with van der Waals surface area (Å²) in [5, 5.41) is 24.6. The van der Waals surface area contributed by atoms with Crippen LogP contribution in [0.1, 0.15) is 49.2 Å². The highest BCUT2D eigenvalue weighted by Gasteiger charge is 2.50. The van der Waals surface area contributed by atoms with Gasteiger partial charge in [0.05, 0.1) is 23.6 Å². The Morgan fingerprint density at radius 2 is 2.15 bits per heavy atom. The smallest absolute Gasteiger partial charge is 0.314 e. The minimum Gasteiger partial charge on any atom is -0.481 e. The molecule has 0 spiro atoms. The molecular formula is C19H26N4O4. The monoisotopic (exact) mass is 374 g/mol. The average Bonchev–Trinajstić information content (AvgIpc) is 3.10. The molecule has 3 heterocycles. The van der Waals surface area contributed by atoms with Crippen molar-refractivity contribution in [3.05, 3.63) is 29.7 Å². The second-order valence-corrected chi connectivity index (χ2v) is 7.78. The van der Waals surface area contributed by atoms with Gasteiger partial charge in [-0.15, -0.1) is 0 Å². The average molecular weight is 374 g/mol. The zero-order chi connectivity index (χ0) is 19.8. The summed E-state index contributed by atoms with van der Waals surface area (Å²) in [5.41, 5.74) is 0.361. The number of aliphatic hydroxyl groups excluding tert-OH is 1. The first-order chi connectivity index (χ1) is 12.8. The van der Waals surface area contributed by atoms with E-state index in [-0.39, 0.29) is 18.9 Å².